The van der Waals surface area contributed by atoms with Gasteiger partial charge in [-0.15, -0.1) is 11.8 Å². The second-order valence-corrected chi connectivity index (χ2v) is 2.82. The molecule has 1 nitrogen and oxygen atoms in total. The monoisotopic (exact) mass is 128 g/mol. The van der Waals surface area contributed by atoms with Crippen LogP contribution in [0.2, 0.25) is 0 Å². The molecule has 0 aromatic carbocycles. The average Bonchev–Trinajstić information content (AvgIpc) is 2.12. The third-order valence-electron chi connectivity index (χ3n) is 1.21. The maximum atomic E-state index is 10.6. The zero-order valence-electron chi connectivity index (χ0n) is 4.76. The highest BCUT2D eigenvalue weighted by atomic mass is 32.2. The van der Waals surface area contributed by atoms with E-state index in [1.807, 2.05) is 11.5 Å². The van der Waals surface area contributed by atoms with Crippen molar-refractivity contribution in [3.63, 3.8) is 0 Å². The minimum absolute atomic E-state index is 0.208. The van der Waals surface area contributed by atoms with Crippen molar-refractivity contribution in [3.05, 3.63) is 11.5 Å². The van der Waals surface area contributed by atoms with E-state index in [-0.39, 0.29) is 11.7 Å². The first kappa shape index (κ1) is 5.89. The van der Waals surface area contributed by atoms with Gasteiger partial charge in [0.2, 0.25) is 0 Å². The fourth-order valence-corrected chi connectivity index (χ4v) is 1.58. The Kier molecular flexibility index (Phi) is 1.73. The minimum Gasteiger partial charge on any atom is -0.299 e. The molecule has 1 aliphatic heterocycles. The summed E-state index contributed by atoms with van der Waals surface area (Å²) in [5.41, 5.74) is 0. The van der Waals surface area contributed by atoms with Crippen LogP contribution in [0.25, 0.3) is 0 Å². The van der Waals surface area contributed by atoms with Crippen molar-refractivity contribution in [2.75, 3.05) is 5.75 Å². The van der Waals surface area contributed by atoms with E-state index in [1.54, 1.807) is 18.7 Å². The van der Waals surface area contributed by atoms with Crippen molar-refractivity contribution < 1.29 is 4.79 Å². The summed E-state index contributed by atoms with van der Waals surface area (Å²) >= 11 is 1.71. The molecule has 0 N–H and O–H groups in total. The molecule has 0 bridgehead atoms. The summed E-state index contributed by atoms with van der Waals surface area (Å²) in [4.78, 5) is 10.6. The molecule has 0 saturated heterocycles. The molecule has 0 aliphatic carbocycles. The van der Waals surface area contributed by atoms with E-state index in [0.717, 1.165) is 5.75 Å². The molecule has 1 unspecified atom stereocenters. The average molecular weight is 128 g/mol. The topological polar surface area (TPSA) is 17.1 Å². The number of allylic oxidation sites excluding steroid dienone is 1. The van der Waals surface area contributed by atoms with Gasteiger partial charge < -0.3 is 0 Å². The molecule has 0 amide bonds. The molecular formula is C6H8OS. The number of ketones is 1. The first-order valence-corrected chi connectivity index (χ1v) is 3.64. The molecule has 0 fully saturated rings. The Hall–Kier alpha value is -0.240. The van der Waals surface area contributed by atoms with Crippen LogP contribution in [0.4, 0.5) is 0 Å². The van der Waals surface area contributed by atoms with Crippen LogP contribution in [0.5, 0.6) is 0 Å². The number of rotatable bonds is 1. The smallest absolute Gasteiger partial charge is 0.137 e. The molecule has 1 rings (SSSR count). The van der Waals surface area contributed by atoms with Crippen molar-refractivity contribution in [2.45, 2.75) is 6.92 Å². The van der Waals surface area contributed by atoms with Gasteiger partial charge in [-0.1, -0.05) is 6.08 Å². The predicted octanol–water partition coefficient (Wildman–Crippen LogP) is 1.45. The third kappa shape index (κ3) is 1.13. The van der Waals surface area contributed by atoms with Crippen LogP contribution in [0, 0.1) is 5.92 Å². The quantitative estimate of drug-likeness (QED) is 0.531. The van der Waals surface area contributed by atoms with Gasteiger partial charge in [-0.05, 0) is 12.3 Å². The third-order valence-corrected chi connectivity index (χ3v) is 2.11. The van der Waals surface area contributed by atoms with Crippen molar-refractivity contribution in [2.24, 2.45) is 5.92 Å². The summed E-state index contributed by atoms with van der Waals surface area (Å²) in [7, 11) is 0. The van der Waals surface area contributed by atoms with E-state index in [4.69, 9.17) is 0 Å². The molecule has 1 aliphatic rings. The molecule has 0 aromatic heterocycles. The second-order valence-electron chi connectivity index (χ2n) is 1.88. The lowest BCUT2D eigenvalue weighted by Gasteiger charge is -1.96. The van der Waals surface area contributed by atoms with Crippen LogP contribution in [0.3, 0.4) is 0 Å². The van der Waals surface area contributed by atoms with Gasteiger partial charge in [0.05, 0.1) is 0 Å². The summed E-state index contributed by atoms with van der Waals surface area (Å²) in [5, 5.41) is 1.99. The van der Waals surface area contributed by atoms with Crippen LogP contribution in [-0.2, 0) is 4.79 Å². The Labute approximate surface area is 53.2 Å². The zero-order chi connectivity index (χ0) is 5.98. The van der Waals surface area contributed by atoms with Gasteiger partial charge in [0.1, 0.15) is 5.78 Å². The molecule has 8 heavy (non-hydrogen) atoms. The standard InChI is InChI=1S/C6H8OS/c1-5(7)6-2-3-8-4-6/h2-3,6H,4H2,1H3. The van der Waals surface area contributed by atoms with E-state index >= 15 is 0 Å². The molecule has 1 heterocycles. The van der Waals surface area contributed by atoms with Gasteiger partial charge in [0.25, 0.3) is 0 Å². The molecule has 44 valence electrons. The summed E-state index contributed by atoms with van der Waals surface area (Å²) in [5.74, 6) is 1.45. The van der Waals surface area contributed by atoms with Crippen LogP contribution >= 0.6 is 11.8 Å². The molecule has 0 radical (unpaired) electrons. The lowest BCUT2D eigenvalue weighted by molar-refractivity contribution is -0.118. The first-order chi connectivity index (χ1) is 3.80. The zero-order valence-corrected chi connectivity index (χ0v) is 5.57. The number of hydrogen-bond donors (Lipinski definition) is 0. The van der Waals surface area contributed by atoms with E-state index in [1.165, 1.54) is 0 Å². The molecule has 2 heteroatoms. The maximum Gasteiger partial charge on any atom is 0.137 e. The highest BCUT2D eigenvalue weighted by molar-refractivity contribution is 8.02. The van der Waals surface area contributed by atoms with Crippen molar-refractivity contribution >= 4 is 17.5 Å². The van der Waals surface area contributed by atoms with Crippen molar-refractivity contribution in [3.8, 4) is 0 Å². The SMILES string of the molecule is CC(=O)C1C=CSC1. The van der Waals surface area contributed by atoms with Gasteiger partial charge in [0.15, 0.2) is 0 Å². The summed E-state index contributed by atoms with van der Waals surface area (Å²) in [6.07, 6.45) is 1.97. The van der Waals surface area contributed by atoms with Crippen LogP contribution < -0.4 is 0 Å². The highest BCUT2D eigenvalue weighted by Crippen LogP contribution is 2.20. The Bertz CT molecular complexity index is 128. The van der Waals surface area contributed by atoms with E-state index in [2.05, 4.69) is 0 Å². The number of hydrogen-bond acceptors (Lipinski definition) is 2. The summed E-state index contributed by atoms with van der Waals surface area (Å²) in [6, 6.07) is 0. The lowest BCUT2D eigenvalue weighted by Crippen LogP contribution is -2.06. The minimum atomic E-state index is 0.208. The maximum absolute atomic E-state index is 10.6. The normalized spacial score (nSPS) is 26.4. The molecular weight excluding hydrogens is 120 g/mol. The van der Waals surface area contributed by atoms with Crippen LogP contribution in [0.1, 0.15) is 6.92 Å². The number of Topliss-reactive ketones (excluding diaryl/α,β-unsaturated/α-hetero) is 1. The fraction of sp³-hybridized carbons (Fsp3) is 0.500. The molecule has 0 saturated carbocycles. The Balaban J connectivity index is 2.48. The van der Waals surface area contributed by atoms with Crippen molar-refractivity contribution in [1.29, 1.82) is 0 Å². The van der Waals surface area contributed by atoms with Gasteiger partial charge in [-0.25, -0.2) is 0 Å². The van der Waals surface area contributed by atoms with Gasteiger partial charge in [0, 0.05) is 11.7 Å². The largest absolute Gasteiger partial charge is 0.299 e. The first-order valence-electron chi connectivity index (χ1n) is 2.59. The summed E-state index contributed by atoms with van der Waals surface area (Å²) < 4.78 is 0. The molecule has 0 spiro atoms. The number of carbonyl (C=O) groups is 1. The van der Waals surface area contributed by atoms with Crippen molar-refractivity contribution in [1.82, 2.24) is 0 Å². The Morgan fingerprint density at radius 1 is 1.88 bits per heavy atom. The van der Waals surface area contributed by atoms with Crippen LogP contribution in [0.15, 0.2) is 11.5 Å². The van der Waals surface area contributed by atoms with Crippen LogP contribution in [-0.4, -0.2) is 11.5 Å². The Morgan fingerprint density at radius 3 is 2.88 bits per heavy atom. The van der Waals surface area contributed by atoms with Gasteiger partial charge in [-0.3, -0.25) is 4.79 Å². The highest BCUT2D eigenvalue weighted by Gasteiger charge is 2.13. The number of thioether (sulfide) groups is 1. The fourth-order valence-electron chi connectivity index (χ4n) is 0.618. The predicted molar refractivity (Wildman–Crippen MR) is 35.8 cm³/mol. The van der Waals surface area contributed by atoms with E-state index in [0.29, 0.717) is 0 Å². The van der Waals surface area contributed by atoms with Gasteiger partial charge >= 0.3 is 0 Å². The molecule has 1 atom stereocenters. The second kappa shape index (κ2) is 2.35. The number of carbonyl (C=O) groups excluding carboxylic acids is 1. The van der Waals surface area contributed by atoms with E-state index < -0.39 is 0 Å². The lowest BCUT2D eigenvalue weighted by atomic mass is 10.1. The Morgan fingerprint density at radius 2 is 2.62 bits per heavy atom. The summed E-state index contributed by atoms with van der Waals surface area (Å²) in [6.45, 7) is 1.64. The van der Waals surface area contributed by atoms with E-state index in [9.17, 15) is 4.79 Å². The molecule has 0 aromatic rings. The van der Waals surface area contributed by atoms with Gasteiger partial charge in [-0.2, -0.15) is 0 Å².